The van der Waals surface area contributed by atoms with Crippen molar-refractivity contribution in [2.24, 2.45) is 0 Å². The summed E-state index contributed by atoms with van der Waals surface area (Å²) in [5, 5.41) is 10.8. The van der Waals surface area contributed by atoms with E-state index in [2.05, 4.69) is 15.5 Å². The minimum absolute atomic E-state index is 0.0704. The molecule has 0 saturated heterocycles. The first-order chi connectivity index (χ1) is 12.0. The summed E-state index contributed by atoms with van der Waals surface area (Å²) in [5.41, 5.74) is 0.598. The molecule has 1 N–H and O–H groups in total. The number of benzene rings is 2. The largest absolute Gasteiger partial charge is 0.411 e. The highest BCUT2D eigenvalue weighted by Gasteiger charge is 2.13. The molecule has 1 heterocycles. The molecule has 0 unspecified atom stereocenters. The minimum Gasteiger partial charge on any atom is -0.411 e. The first kappa shape index (κ1) is 17.4. The van der Waals surface area contributed by atoms with Crippen molar-refractivity contribution >= 4 is 35.0 Å². The Hall–Kier alpha value is -2.45. The van der Waals surface area contributed by atoms with Crippen LogP contribution in [0.15, 0.2) is 52.1 Å². The van der Waals surface area contributed by atoms with Gasteiger partial charge in [-0.05, 0) is 36.4 Å². The normalized spacial score (nSPS) is 10.7. The van der Waals surface area contributed by atoms with Crippen molar-refractivity contribution in [1.29, 1.82) is 0 Å². The van der Waals surface area contributed by atoms with Gasteiger partial charge in [0, 0.05) is 16.7 Å². The third-order valence-electron chi connectivity index (χ3n) is 3.03. The van der Waals surface area contributed by atoms with Crippen LogP contribution in [0.4, 0.5) is 14.5 Å². The molecule has 0 atom stereocenters. The van der Waals surface area contributed by atoms with Crippen LogP contribution in [0.3, 0.4) is 0 Å². The number of halogens is 3. The maximum Gasteiger partial charge on any atom is 0.277 e. The molecule has 0 radical (unpaired) electrons. The van der Waals surface area contributed by atoms with Crippen molar-refractivity contribution in [3.63, 3.8) is 0 Å². The van der Waals surface area contributed by atoms with E-state index in [9.17, 15) is 13.6 Å². The monoisotopic (exact) mass is 381 g/mol. The van der Waals surface area contributed by atoms with Crippen LogP contribution >= 0.6 is 23.4 Å². The quantitative estimate of drug-likeness (QED) is 0.663. The molecule has 2 aromatic carbocycles. The van der Waals surface area contributed by atoms with Gasteiger partial charge < -0.3 is 9.73 Å². The van der Waals surface area contributed by atoms with E-state index in [4.69, 9.17) is 16.0 Å². The molecular weight excluding hydrogens is 372 g/mol. The van der Waals surface area contributed by atoms with E-state index in [0.29, 0.717) is 22.5 Å². The van der Waals surface area contributed by atoms with E-state index >= 15 is 0 Å². The van der Waals surface area contributed by atoms with Crippen LogP contribution in [-0.4, -0.2) is 21.9 Å². The fraction of sp³-hybridized carbons (Fsp3) is 0.0625. The Bertz CT molecular complexity index is 903. The van der Waals surface area contributed by atoms with Gasteiger partial charge in [0.15, 0.2) is 0 Å². The molecule has 5 nitrogen and oxygen atoms in total. The molecule has 1 aromatic heterocycles. The van der Waals surface area contributed by atoms with Crippen molar-refractivity contribution in [2.45, 2.75) is 5.22 Å². The van der Waals surface area contributed by atoms with E-state index in [1.165, 1.54) is 0 Å². The Morgan fingerprint density at radius 1 is 1.16 bits per heavy atom. The lowest BCUT2D eigenvalue weighted by Gasteiger charge is -2.05. The molecule has 0 spiro atoms. The molecule has 3 aromatic rings. The van der Waals surface area contributed by atoms with E-state index in [1.807, 2.05) is 0 Å². The van der Waals surface area contributed by atoms with E-state index < -0.39 is 17.5 Å². The summed E-state index contributed by atoms with van der Waals surface area (Å²) in [6.07, 6.45) is 0. The number of rotatable bonds is 5. The number of carbonyl (C=O) groups excluding carboxylic acids is 1. The SMILES string of the molecule is O=C(CSc1nnc(-c2ccc(Cl)cc2)o1)Nc1ccc(F)cc1F. The van der Waals surface area contributed by atoms with Gasteiger partial charge in [-0.15, -0.1) is 10.2 Å². The molecule has 0 saturated carbocycles. The third kappa shape index (κ3) is 4.55. The number of aromatic nitrogens is 2. The van der Waals surface area contributed by atoms with Gasteiger partial charge >= 0.3 is 0 Å². The van der Waals surface area contributed by atoms with Crippen LogP contribution in [0.25, 0.3) is 11.5 Å². The highest BCUT2D eigenvalue weighted by molar-refractivity contribution is 7.99. The number of carbonyl (C=O) groups is 1. The van der Waals surface area contributed by atoms with Gasteiger partial charge in [0.25, 0.3) is 5.22 Å². The molecule has 0 aliphatic rings. The van der Waals surface area contributed by atoms with Crippen LogP contribution in [0.5, 0.6) is 0 Å². The third-order valence-corrected chi connectivity index (χ3v) is 4.10. The lowest BCUT2D eigenvalue weighted by molar-refractivity contribution is -0.113. The molecule has 0 aliphatic heterocycles. The zero-order chi connectivity index (χ0) is 17.8. The summed E-state index contributed by atoms with van der Waals surface area (Å²) in [6.45, 7) is 0. The predicted molar refractivity (Wildman–Crippen MR) is 90.5 cm³/mol. The van der Waals surface area contributed by atoms with E-state index in [0.717, 1.165) is 23.9 Å². The maximum atomic E-state index is 13.5. The zero-order valence-electron chi connectivity index (χ0n) is 12.5. The molecule has 0 fully saturated rings. The first-order valence-electron chi connectivity index (χ1n) is 6.98. The highest BCUT2D eigenvalue weighted by Crippen LogP contribution is 2.24. The maximum absolute atomic E-state index is 13.5. The zero-order valence-corrected chi connectivity index (χ0v) is 14.1. The first-order valence-corrected chi connectivity index (χ1v) is 8.35. The van der Waals surface area contributed by atoms with E-state index in [-0.39, 0.29) is 16.7 Å². The summed E-state index contributed by atoms with van der Waals surface area (Å²) in [5.74, 6) is -1.82. The fourth-order valence-electron chi connectivity index (χ4n) is 1.88. The average molecular weight is 382 g/mol. The van der Waals surface area contributed by atoms with Gasteiger partial charge in [0.05, 0.1) is 11.4 Å². The fourth-order valence-corrected chi connectivity index (χ4v) is 2.57. The van der Waals surface area contributed by atoms with Gasteiger partial charge in [0.2, 0.25) is 11.8 Å². The molecule has 3 rings (SSSR count). The number of amides is 1. The molecule has 9 heteroatoms. The summed E-state index contributed by atoms with van der Waals surface area (Å²) in [7, 11) is 0. The van der Waals surface area contributed by atoms with Gasteiger partial charge in [-0.3, -0.25) is 4.79 Å². The summed E-state index contributed by atoms with van der Waals surface area (Å²) in [6, 6.07) is 9.75. The Labute approximate surface area is 150 Å². The van der Waals surface area contributed by atoms with Crippen molar-refractivity contribution in [3.8, 4) is 11.5 Å². The number of nitrogens with zero attached hydrogens (tertiary/aromatic N) is 2. The number of thioether (sulfide) groups is 1. The number of anilines is 1. The second kappa shape index (κ2) is 7.62. The second-order valence-electron chi connectivity index (χ2n) is 4.84. The molecule has 0 bridgehead atoms. The number of hydrogen-bond donors (Lipinski definition) is 1. The summed E-state index contributed by atoms with van der Waals surface area (Å²) in [4.78, 5) is 11.8. The predicted octanol–water partition coefficient (Wildman–Crippen LogP) is 4.40. The molecule has 25 heavy (non-hydrogen) atoms. The topological polar surface area (TPSA) is 68.0 Å². The van der Waals surface area contributed by atoms with Crippen LogP contribution in [-0.2, 0) is 4.79 Å². The minimum atomic E-state index is -0.846. The van der Waals surface area contributed by atoms with Crippen LogP contribution < -0.4 is 5.32 Å². The van der Waals surface area contributed by atoms with Crippen LogP contribution in [0, 0.1) is 11.6 Å². The van der Waals surface area contributed by atoms with Crippen LogP contribution in [0.2, 0.25) is 5.02 Å². The number of nitrogens with one attached hydrogen (secondary N) is 1. The van der Waals surface area contributed by atoms with Crippen molar-refractivity contribution in [2.75, 3.05) is 11.1 Å². The van der Waals surface area contributed by atoms with Gasteiger partial charge in [-0.25, -0.2) is 8.78 Å². The summed E-state index contributed by atoms with van der Waals surface area (Å²) >= 11 is 6.81. The second-order valence-corrected chi connectivity index (χ2v) is 6.20. The van der Waals surface area contributed by atoms with Crippen molar-refractivity contribution in [3.05, 3.63) is 59.1 Å². The van der Waals surface area contributed by atoms with Crippen LogP contribution in [0.1, 0.15) is 0 Å². The van der Waals surface area contributed by atoms with Gasteiger partial charge in [-0.1, -0.05) is 23.4 Å². The van der Waals surface area contributed by atoms with Gasteiger partial charge in [-0.2, -0.15) is 0 Å². The molecule has 1 amide bonds. The highest BCUT2D eigenvalue weighted by atomic mass is 35.5. The summed E-state index contributed by atoms with van der Waals surface area (Å²) < 4.78 is 31.8. The Balaban J connectivity index is 1.58. The molecular formula is C16H10ClF2N3O2S. The lowest BCUT2D eigenvalue weighted by atomic mass is 10.2. The van der Waals surface area contributed by atoms with Crippen molar-refractivity contribution in [1.82, 2.24) is 10.2 Å². The number of hydrogen-bond acceptors (Lipinski definition) is 5. The molecule has 0 aliphatic carbocycles. The smallest absolute Gasteiger partial charge is 0.277 e. The average Bonchev–Trinajstić information content (AvgIpc) is 3.05. The van der Waals surface area contributed by atoms with Crippen molar-refractivity contribution < 1.29 is 18.0 Å². The van der Waals surface area contributed by atoms with E-state index in [1.54, 1.807) is 24.3 Å². The molecule has 128 valence electrons. The van der Waals surface area contributed by atoms with Gasteiger partial charge in [0.1, 0.15) is 11.6 Å². The Kier molecular flexibility index (Phi) is 5.30. The Morgan fingerprint density at radius 3 is 2.64 bits per heavy atom. The lowest BCUT2D eigenvalue weighted by Crippen LogP contribution is -2.15. The Morgan fingerprint density at radius 2 is 1.92 bits per heavy atom. The standard InChI is InChI=1S/C16H10ClF2N3O2S/c17-10-3-1-9(2-4-10)15-21-22-16(24-15)25-8-14(23)20-13-6-5-11(18)7-12(13)19/h1-7H,8H2,(H,20,23).